The third kappa shape index (κ3) is 5.41. The van der Waals surface area contributed by atoms with Gasteiger partial charge >= 0.3 is 0 Å². The van der Waals surface area contributed by atoms with Crippen molar-refractivity contribution in [2.45, 2.75) is 104 Å². The van der Waals surface area contributed by atoms with Crippen LogP contribution in [0.5, 0.6) is 0 Å². The van der Waals surface area contributed by atoms with Crippen LogP contribution in [-0.4, -0.2) is 18.6 Å². The Morgan fingerprint density at radius 2 is 1.54 bits per heavy atom. The topological polar surface area (TPSA) is 15.3 Å². The smallest absolute Gasteiger partial charge is 0.0615 e. The molecule has 2 heteroatoms. The summed E-state index contributed by atoms with van der Waals surface area (Å²) in [4.78, 5) is 2.70. The molecule has 0 unspecified atom stereocenters. The van der Waals surface area contributed by atoms with Gasteiger partial charge in [0.05, 0.1) is 16.9 Å². The van der Waals surface area contributed by atoms with Crippen molar-refractivity contribution in [3.63, 3.8) is 0 Å². The van der Waals surface area contributed by atoms with Crippen molar-refractivity contribution in [2.75, 3.05) is 23.3 Å². The SMILES string of the molecule is CCCCc1cccc2c1NC(CCCC)(CCCC)CN2CCCC. The van der Waals surface area contributed by atoms with Crippen molar-refractivity contribution in [3.8, 4) is 0 Å². The summed E-state index contributed by atoms with van der Waals surface area (Å²) in [6.45, 7) is 11.6. The highest BCUT2D eigenvalue weighted by Crippen LogP contribution is 2.41. The second kappa shape index (κ2) is 10.8. The van der Waals surface area contributed by atoms with E-state index in [1.54, 1.807) is 0 Å². The standard InChI is InChI=1S/C24H42N2/c1-5-9-14-21-15-13-16-22-23(21)25-24(17-10-6-2,18-11-7-3)20-26(22)19-12-8-4/h13,15-16,25H,5-12,14,17-20H2,1-4H3. The Kier molecular flexibility index (Phi) is 8.81. The van der Waals surface area contributed by atoms with Crippen LogP contribution < -0.4 is 10.2 Å². The Morgan fingerprint density at radius 1 is 0.885 bits per heavy atom. The minimum absolute atomic E-state index is 0.259. The summed E-state index contributed by atoms with van der Waals surface area (Å²) in [5.74, 6) is 0. The first-order valence-electron chi connectivity index (χ1n) is 11.3. The lowest BCUT2D eigenvalue weighted by Gasteiger charge is -2.47. The highest BCUT2D eigenvalue weighted by atomic mass is 15.2. The maximum absolute atomic E-state index is 4.12. The molecule has 1 N–H and O–H groups in total. The summed E-state index contributed by atoms with van der Waals surface area (Å²) in [7, 11) is 0. The Hall–Kier alpha value is -1.18. The van der Waals surface area contributed by atoms with Crippen molar-refractivity contribution < 1.29 is 0 Å². The molecule has 0 aromatic heterocycles. The maximum Gasteiger partial charge on any atom is 0.0615 e. The number of rotatable bonds is 12. The van der Waals surface area contributed by atoms with Gasteiger partial charge in [0.25, 0.3) is 0 Å². The number of anilines is 2. The number of hydrogen-bond donors (Lipinski definition) is 1. The van der Waals surface area contributed by atoms with Crippen LogP contribution in [0.4, 0.5) is 11.4 Å². The molecule has 0 aliphatic carbocycles. The highest BCUT2D eigenvalue weighted by molar-refractivity contribution is 5.77. The van der Waals surface area contributed by atoms with Gasteiger partial charge in [0, 0.05) is 13.1 Å². The van der Waals surface area contributed by atoms with E-state index in [4.69, 9.17) is 0 Å². The molecule has 1 aromatic rings. The number of aryl methyl sites for hydroxylation is 1. The summed E-state index contributed by atoms with van der Waals surface area (Å²) in [5, 5.41) is 4.12. The molecule has 0 saturated carbocycles. The summed E-state index contributed by atoms with van der Waals surface area (Å²) in [5.41, 5.74) is 4.70. The molecule has 0 atom stereocenters. The van der Waals surface area contributed by atoms with E-state index in [-0.39, 0.29) is 5.54 Å². The van der Waals surface area contributed by atoms with Crippen molar-refractivity contribution >= 4 is 11.4 Å². The van der Waals surface area contributed by atoms with Crippen molar-refractivity contribution in [1.82, 2.24) is 0 Å². The Labute approximate surface area is 162 Å². The second-order valence-corrected chi connectivity index (χ2v) is 8.30. The summed E-state index contributed by atoms with van der Waals surface area (Å²) >= 11 is 0. The zero-order chi connectivity index (χ0) is 18.8. The Bertz CT molecular complexity index is 515. The molecule has 1 aliphatic heterocycles. The molecule has 2 rings (SSSR count). The van der Waals surface area contributed by atoms with E-state index in [9.17, 15) is 0 Å². The molecular weight excluding hydrogens is 316 g/mol. The van der Waals surface area contributed by atoms with Gasteiger partial charge in [-0.15, -0.1) is 0 Å². The average Bonchev–Trinajstić information content (AvgIpc) is 2.67. The lowest BCUT2D eigenvalue weighted by atomic mass is 9.83. The first kappa shape index (κ1) is 21.1. The van der Waals surface area contributed by atoms with Gasteiger partial charge in [-0.25, -0.2) is 0 Å². The minimum Gasteiger partial charge on any atom is -0.376 e. The lowest BCUT2D eigenvalue weighted by molar-refractivity contribution is 0.365. The van der Waals surface area contributed by atoms with Crippen LogP contribution in [0.15, 0.2) is 18.2 Å². The number of fused-ring (bicyclic) bond motifs is 1. The third-order valence-electron chi connectivity index (χ3n) is 5.95. The van der Waals surface area contributed by atoms with Gasteiger partial charge in [-0.1, -0.05) is 78.4 Å². The predicted molar refractivity (Wildman–Crippen MR) is 118 cm³/mol. The van der Waals surface area contributed by atoms with Crippen molar-refractivity contribution in [2.24, 2.45) is 0 Å². The van der Waals surface area contributed by atoms with Gasteiger partial charge in [-0.05, 0) is 43.7 Å². The van der Waals surface area contributed by atoms with Crippen LogP contribution in [0, 0.1) is 0 Å². The van der Waals surface area contributed by atoms with E-state index in [1.807, 2.05) is 0 Å². The van der Waals surface area contributed by atoms with E-state index < -0.39 is 0 Å². The molecule has 0 saturated heterocycles. The predicted octanol–water partition coefficient (Wildman–Crippen LogP) is 7.18. The fourth-order valence-corrected chi connectivity index (χ4v) is 4.31. The quantitative estimate of drug-likeness (QED) is 0.425. The minimum atomic E-state index is 0.259. The largest absolute Gasteiger partial charge is 0.376 e. The van der Waals surface area contributed by atoms with E-state index in [1.165, 1.54) is 101 Å². The normalized spacial score (nSPS) is 15.6. The summed E-state index contributed by atoms with van der Waals surface area (Å²) < 4.78 is 0. The molecule has 1 aromatic carbocycles. The molecule has 0 amide bonds. The van der Waals surface area contributed by atoms with Crippen LogP contribution in [0.3, 0.4) is 0 Å². The van der Waals surface area contributed by atoms with Crippen molar-refractivity contribution in [3.05, 3.63) is 23.8 Å². The first-order valence-corrected chi connectivity index (χ1v) is 11.3. The van der Waals surface area contributed by atoms with Crippen LogP contribution in [0.2, 0.25) is 0 Å². The zero-order valence-electron chi connectivity index (χ0n) is 17.9. The number of benzene rings is 1. The van der Waals surface area contributed by atoms with Crippen LogP contribution >= 0.6 is 0 Å². The number of para-hydroxylation sites is 1. The van der Waals surface area contributed by atoms with E-state index in [0.717, 1.165) is 0 Å². The lowest BCUT2D eigenvalue weighted by Crippen LogP contribution is -2.53. The van der Waals surface area contributed by atoms with Gasteiger partial charge < -0.3 is 10.2 Å². The summed E-state index contributed by atoms with van der Waals surface area (Å²) in [6.07, 6.45) is 14.1. The number of unbranched alkanes of at least 4 members (excludes halogenated alkanes) is 4. The highest BCUT2D eigenvalue weighted by Gasteiger charge is 2.37. The molecule has 1 aliphatic rings. The molecule has 26 heavy (non-hydrogen) atoms. The monoisotopic (exact) mass is 358 g/mol. The molecule has 2 nitrogen and oxygen atoms in total. The number of nitrogens with one attached hydrogen (secondary N) is 1. The van der Waals surface area contributed by atoms with E-state index in [2.05, 4.69) is 56.1 Å². The summed E-state index contributed by atoms with van der Waals surface area (Å²) in [6, 6.07) is 6.97. The van der Waals surface area contributed by atoms with Crippen LogP contribution in [-0.2, 0) is 6.42 Å². The molecule has 1 heterocycles. The fraction of sp³-hybridized carbons (Fsp3) is 0.750. The molecular formula is C24H42N2. The molecule has 0 spiro atoms. The van der Waals surface area contributed by atoms with Gasteiger partial charge in [-0.3, -0.25) is 0 Å². The molecule has 148 valence electrons. The average molecular weight is 359 g/mol. The fourth-order valence-electron chi connectivity index (χ4n) is 4.31. The Morgan fingerprint density at radius 3 is 2.15 bits per heavy atom. The van der Waals surface area contributed by atoms with E-state index in [0.29, 0.717) is 0 Å². The van der Waals surface area contributed by atoms with Gasteiger partial charge in [0.15, 0.2) is 0 Å². The Balaban J connectivity index is 2.36. The van der Waals surface area contributed by atoms with Gasteiger partial charge in [0.1, 0.15) is 0 Å². The number of hydrogen-bond acceptors (Lipinski definition) is 2. The van der Waals surface area contributed by atoms with Crippen LogP contribution in [0.1, 0.15) is 97.5 Å². The second-order valence-electron chi connectivity index (χ2n) is 8.30. The molecule has 0 radical (unpaired) electrons. The van der Waals surface area contributed by atoms with E-state index >= 15 is 0 Å². The first-order chi connectivity index (χ1) is 12.7. The number of nitrogens with zero attached hydrogens (tertiary/aromatic N) is 1. The molecule has 0 fully saturated rings. The van der Waals surface area contributed by atoms with Crippen molar-refractivity contribution in [1.29, 1.82) is 0 Å². The van der Waals surface area contributed by atoms with Gasteiger partial charge in [-0.2, -0.15) is 0 Å². The van der Waals surface area contributed by atoms with Gasteiger partial charge in [0.2, 0.25) is 0 Å². The third-order valence-corrected chi connectivity index (χ3v) is 5.95. The van der Waals surface area contributed by atoms with Crippen LogP contribution in [0.25, 0.3) is 0 Å². The molecule has 0 bridgehead atoms. The zero-order valence-corrected chi connectivity index (χ0v) is 17.9. The maximum atomic E-state index is 4.12.